The van der Waals surface area contributed by atoms with E-state index in [1.54, 1.807) is 24.3 Å². The topological polar surface area (TPSA) is 17.1 Å². The molecule has 0 aromatic heterocycles. The van der Waals surface area contributed by atoms with Crippen molar-refractivity contribution in [3.05, 3.63) is 71.3 Å². The molecule has 0 radical (unpaired) electrons. The first kappa shape index (κ1) is 12.4. The van der Waals surface area contributed by atoms with Gasteiger partial charge in [0.25, 0.3) is 0 Å². The molecule has 0 spiro atoms. The van der Waals surface area contributed by atoms with E-state index in [9.17, 15) is 13.6 Å². The molecule has 18 heavy (non-hydrogen) atoms. The number of hydrogen-bond donors (Lipinski definition) is 0. The zero-order chi connectivity index (χ0) is 13.1. The van der Waals surface area contributed by atoms with Crippen molar-refractivity contribution in [2.24, 2.45) is 0 Å². The summed E-state index contributed by atoms with van der Waals surface area (Å²) < 4.78 is 26.4. The maximum absolute atomic E-state index is 13.2. The van der Waals surface area contributed by atoms with Gasteiger partial charge in [-0.15, -0.1) is 0 Å². The molecule has 2 aromatic rings. The first-order valence-electron chi connectivity index (χ1n) is 5.59. The van der Waals surface area contributed by atoms with Gasteiger partial charge >= 0.3 is 0 Å². The maximum Gasteiger partial charge on any atom is 0.141 e. The molecule has 0 heterocycles. The molecular weight excluding hydrogens is 234 g/mol. The predicted molar refractivity (Wildman–Crippen MR) is 65.3 cm³/mol. The Hall–Kier alpha value is -2.03. The quantitative estimate of drug-likeness (QED) is 0.807. The van der Waals surface area contributed by atoms with E-state index in [2.05, 4.69) is 0 Å². The minimum absolute atomic E-state index is 0.147. The summed E-state index contributed by atoms with van der Waals surface area (Å²) in [7, 11) is 0. The highest BCUT2D eigenvalue weighted by atomic mass is 19.1. The van der Waals surface area contributed by atoms with E-state index in [-0.39, 0.29) is 5.78 Å². The lowest BCUT2D eigenvalue weighted by molar-refractivity contribution is -0.117. The smallest absolute Gasteiger partial charge is 0.141 e. The number of hydrogen-bond acceptors (Lipinski definition) is 1. The summed E-state index contributed by atoms with van der Waals surface area (Å²) >= 11 is 0. The molecule has 0 N–H and O–H groups in total. The molecule has 0 saturated heterocycles. The first-order chi connectivity index (χ1) is 8.58. The third-order valence-electron chi connectivity index (χ3n) is 2.77. The summed E-state index contributed by atoms with van der Waals surface area (Å²) in [4.78, 5) is 11.7. The van der Waals surface area contributed by atoms with Gasteiger partial charge in [-0.1, -0.05) is 24.3 Å². The number of carbonyl (C=O) groups is 1. The Kier molecular flexibility index (Phi) is 3.51. The van der Waals surface area contributed by atoms with Crippen LogP contribution in [0.2, 0.25) is 0 Å². The van der Waals surface area contributed by atoms with E-state index in [0.717, 1.165) is 0 Å². The second-order valence-corrected chi connectivity index (χ2v) is 4.15. The third-order valence-corrected chi connectivity index (χ3v) is 2.77. The zero-order valence-electron chi connectivity index (χ0n) is 9.86. The van der Waals surface area contributed by atoms with Crippen LogP contribution in [-0.2, 0) is 4.79 Å². The Balaban J connectivity index is 2.50. The molecule has 0 bridgehead atoms. The summed E-state index contributed by atoms with van der Waals surface area (Å²) in [5, 5.41) is 0. The Bertz CT molecular complexity index is 533. The van der Waals surface area contributed by atoms with Crippen molar-refractivity contribution in [1.29, 1.82) is 0 Å². The highest BCUT2D eigenvalue weighted by molar-refractivity contribution is 5.86. The molecule has 1 nitrogen and oxygen atoms in total. The fraction of sp³-hybridized carbons (Fsp3) is 0.133. The lowest BCUT2D eigenvalue weighted by atomic mass is 9.88. The number of benzene rings is 2. The number of carbonyl (C=O) groups excluding carboxylic acids is 1. The lowest BCUT2D eigenvalue weighted by Crippen LogP contribution is -2.11. The van der Waals surface area contributed by atoms with E-state index >= 15 is 0 Å². The minimum atomic E-state index is -0.628. The second kappa shape index (κ2) is 5.08. The molecule has 0 aliphatic heterocycles. The predicted octanol–water partition coefficient (Wildman–Crippen LogP) is 3.69. The highest BCUT2D eigenvalue weighted by Crippen LogP contribution is 2.26. The van der Waals surface area contributed by atoms with Crippen molar-refractivity contribution < 1.29 is 13.6 Å². The standard InChI is InChI=1S/C15H12F2O/c1-10(18)15(11-4-2-6-13(16)8-11)12-5-3-7-14(17)9-12/h2-9,15H,1H3. The largest absolute Gasteiger partial charge is 0.299 e. The van der Waals surface area contributed by atoms with Crippen molar-refractivity contribution in [2.45, 2.75) is 12.8 Å². The average molecular weight is 246 g/mol. The van der Waals surface area contributed by atoms with Crippen LogP contribution in [-0.4, -0.2) is 5.78 Å². The monoisotopic (exact) mass is 246 g/mol. The van der Waals surface area contributed by atoms with Gasteiger partial charge in [0.1, 0.15) is 17.4 Å². The average Bonchev–Trinajstić information content (AvgIpc) is 2.28. The van der Waals surface area contributed by atoms with Crippen molar-refractivity contribution in [1.82, 2.24) is 0 Å². The molecule has 0 amide bonds. The van der Waals surface area contributed by atoms with Crippen LogP contribution in [0.4, 0.5) is 8.78 Å². The van der Waals surface area contributed by atoms with Gasteiger partial charge in [0.05, 0.1) is 5.92 Å². The van der Waals surface area contributed by atoms with Gasteiger partial charge in [0, 0.05) is 0 Å². The Morgan fingerprint density at radius 3 is 1.72 bits per heavy atom. The Labute approximate surface area is 104 Å². The molecule has 0 aliphatic carbocycles. The summed E-state index contributed by atoms with van der Waals surface area (Å²) in [5.41, 5.74) is 1.07. The first-order valence-corrected chi connectivity index (χ1v) is 5.59. The second-order valence-electron chi connectivity index (χ2n) is 4.15. The van der Waals surface area contributed by atoms with E-state index in [0.29, 0.717) is 11.1 Å². The maximum atomic E-state index is 13.2. The minimum Gasteiger partial charge on any atom is -0.299 e. The molecule has 0 aliphatic rings. The van der Waals surface area contributed by atoms with Crippen LogP contribution in [0.3, 0.4) is 0 Å². The number of rotatable bonds is 3. The van der Waals surface area contributed by atoms with Crippen molar-refractivity contribution in [2.75, 3.05) is 0 Å². The Morgan fingerprint density at radius 2 is 1.39 bits per heavy atom. The molecule has 0 saturated carbocycles. The normalized spacial score (nSPS) is 10.7. The van der Waals surface area contributed by atoms with Gasteiger partial charge in [0.2, 0.25) is 0 Å². The van der Waals surface area contributed by atoms with Crippen LogP contribution < -0.4 is 0 Å². The highest BCUT2D eigenvalue weighted by Gasteiger charge is 2.19. The van der Waals surface area contributed by atoms with Gasteiger partial charge in [-0.05, 0) is 42.3 Å². The van der Waals surface area contributed by atoms with E-state index in [4.69, 9.17) is 0 Å². The lowest BCUT2D eigenvalue weighted by Gasteiger charge is -2.15. The molecule has 3 heteroatoms. The van der Waals surface area contributed by atoms with Crippen LogP contribution >= 0.6 is 0 Å². The van der Waals surface area contributed by atoms with Crippen LogP contribution in [0.15, 0.2) is 48.5 Å². The fourth-order valence-corrected chi connectivity index (χ4v) is 2.03. The molecule has 2 aromatic carbocycles. The van der Waals surface area contributed by atoms with Crippen molar-refractivity contribution >= 4 is 5.78 Å². The summed E-state index contributed by atoms with van der Waals surface area (Å²) in [5.74, 6) is -1.59. The summed E-state index contributed by atoms with van der Waals surface area (Å²) in [6.45, 7) is 1.42. The van der Waals surface area contributed by atoms with Crippen LogP contribution in [0.5, 0.6) is 0 Å². The molecule has 0 fully saturated rings. The van der Waals surface area contributed by atoms with E-state index in [1.807, 2.05) is 0 Å². The number of halogens is 2. The number of Topliss-reactive ketones (excluding diaryl/α,β-unsaturated/α-hetero) is 1. The molecule has 92 valence electrons. The van der Waals surface area contributed by atoms with Gasteiger partial charge < -0.3 is 0 Å². The molecule has 2 rings (SSSR count). The van der Waals surface area contributed by atoms with Crippen molar-refractivity contribution in [3.63, 3.8) is 0 Å². The van der Waals surface area contributed by atoms with Gasteiger partial charge in [-0.2, -0.15) is 0 Å². The SMILES string of the molecule is CC(=O)C(c1cccc(F)c1)c1cccc(F)c1. The molecule has 0 unspecified atom stereocenters. The third kappa shape index (κ3) is 2.62. The van der Waals surface area contributed by atoms with Gasteiger partial charge in [0.15, 0.2) is 0 Å². The van der Waals surface area contributed by atoms with Crippen LogP contribution in [0.25, 0.3) is 0 Å². The summed E-state index contributed by atoms with van der Waals surface area (Å²) in [6, 6.07) is 11.6. The molecule has 0 atom stereocenters. The van der Waals surface area contributed by atoms with E-state index in [1.165, 1.54) is 31.2 Å². The van der Waals surface area contributed by atoms with Gasteiger partial charge in [-0.3, -0.25) is 4.79 Å². The van der Waals surface area contributed by atoms with Gasteiger partial charge in [-0.25, -0.2) is 8.78 Å². The summed E-state index contributed by atoms with van der Waals surface area (Å²) in [6.07, 6.45) is 0. The van der Waals surface area contributed by atoms with Crippen LogP contribution in [0, 0.1) is 11.6 Å². The Morgan fingerprint density at radius 1 is 0.944 bits per heavy atom. The zero-order valence-corrected chi connectivity index (χ0v) is 9.86. The van der Waals surface area contributed by atoms with Crippen molar-refractivity contribution in [3.8, 4) is 0 Å². The molecular formula is C15H12F2O. The van der Waals surface area contributed by atoms with E-state index < -0.39 is 17.6 Å². The number of ketones is 1. The fourth-order valence-electron chi connectivity index (χ4n) is 2.03. The van der Waals surface area contributed by atoms with Crippen LogP contribution in [0.1, 0.15) is 24.0 Å².